The lowest BCUT2D eigenvalue weighted by Crippen LogP contribution is -2.59. The molecule has 0 radical (unpaired) electrons. The fraction of sp³-hybridized carbons (Fsp3) is 1.00. The van der Waals surface area contributed by atoms with Crippen LogP contribution in [0.2, 0.25) is 0 Å². The van der Waals surface area contributed by atoms with E-state index in [9.17, 15) is 0 Å². The van der Waals surface area contributed by atoms with Crippen molar-refractivity contribution in [3.8, 4) is 0 Å². The smallest absolute Gasteiger partial charge is 0.0595 e. The molecule has 0 bridgehead atoms. The monoisotopic (exact) mass is 268 g/mol. The Morgan fingerprint density at radius 1 is 1.26 bits per heavy atom. The van der Waals surface area contributed by atoms with E-state index in [2.05, 4.69) is 18.7 Å². The van der Waals surface area contributed by atoms with Gasteiger partial charge in [0.1, 0.15) is 0 Å². The topological polar surface area (TPSA) is 38.5 Å². The van der Waals surface area contributed by atoms with Crippen LogP contribution in [-0.2, 0) is 4.74 Å². The van der Waals surface area contributed by atoms with Crippen LogP contribution in [0, 0.1) is 11.8 Å². The molecule has 3 heteroatoms. The Morgan fingerprint density at radius 2 is 1.95 bits per heavy atom. The number of nitrogens with zero attached hydrogens (tertiary/aromatic N) is 1. The number of rotatable bonds is 4. The first-order valence-electron chi connectivity index (χ1n) is 8.09. The van der Waals surface area contributed by atoms with Crippen molar-refractivity contribution < 1.29 is 4.74 Å². The second kappa shape index (κ2) is 6.55. The Labute approximate surface area is 118 Å². The molecule has 0 aromatic carbocycles. The number of nitrogens with two attached hydrogens (primary N) is 1. The van der Waals surface area contributed by atoms with Gasteiger partial charge in [0, 0.05) is 32.3 Å². The molecule has 0 spiro atoms. The summed E-state index contributed by atoms with van der Waals surface area (Å²) in [7, 11) is 1.84. The Balaban J connectivity index is 2.01. The first-order valence-corrected chi connectivity index (χ1v) is 8.09. The highest BCUT2D eigenvalue weighted by atomic mass is 16.5. The maximum Gasteiger partial charge on any atom is 0.0595 e. The van der Waals surface area contributed by atoms with Crippen molar-refractivity contribution in [3.05, 3.63) is 0 Å². The van der Waals surface area contributed by atoms with Crippen molar-refractivity contribution in [3.63, 3.8) is 0 Å². The van der Waals surface area contributed by atoms with E-state index in [0.29, 0.717) is 6.10 Å². The molecule has 1 heterocycles. The molecule has 112 valence electrons. The first kappa shape index (κ1) is 15.3. The van der Waals surface area contributed by atoms with Crippen LogP contribution in [0.15, 0.2) is 0 Å². The fourth-order valence-electron chi connectivity index (χ4n) is 4.12. The van der Waals surface area contributed by atoms with Crippen molar-refractivity contribution >= 4 is 0 Å². The SMILES string of the molecule is COC1CCN(C2(CN)CCCC(C(C)C)C2)CC1. The molecule has 2 rings (SSSR count). The van der Waals surface area contributed by atoms with Crippen LogP contribution in [0.3, 0.4) is 0 Å². The van der Waals surface area contributed by atoms with E-state index in [0.717, 1.165) is 18.4 Å². The van der Waals surface area contributed by atoms with Crippen LogP contribution in [0.4, 0.5) is 0 Å². The van der Waals surface area contributed by atoms with E-state index in [1.54, 1.807) is 0 Å². The second-order valence-corrected chi connectivity index (χ2v) is 6.95. The highest BCUT2D eigenvalue weighted by Gasteiger charge is 2.41. The summed E-state index contributed by atoms with van der Waals surface area (Å²) >= 11 is 0. The molecule has 1 saturated carbocycles. The summed E-state index contributed by atoms with van der Waals surface area (Å²) in [6.07, 6.45) is 8.16. The first-order chi connectivity index (χ1) is 9.11. The molecular weight excluding hydrogens is 236 g/mol. The quantitative estimate of drug-likeness (QED) is 0.852. The maximum absolute atomic E-state index is 6.23. The third kappa shape index (κ3) is 3.32. The van der Waals surface area contributed by atoms with Gasteiger partial charge in [-0.3, -0.25) is 4.90 Å². The number of ether oxygens (including phenoxy) is 1. The molecule has 2 fully saturated rings. The van der Waals surface area contributed by atoms with Gasteiger partial charge in [-0.1, -0.05) is 26.7 Å². The molecule has 0 aromatic rings. The van der Waals surface area contributed by atoms with Crippen LogP contribution in [-0.4, -0.2) is 43.3 Å². The van der Waals surface area contributed by atoms with Gasteiger partial charge < -0.3 is 10.5 Å². The summed E-state index contributed by atoms with van der Waals surface area (Å²) in [6, 6.07) is 0. The third-order valence-corrected chi connectivity index (χ3v) is 5.63. The van der Waals surface area contributed by atoms with Gasteiger partial charge in [-0.05, 0) is 37.5 Å². The normalized spacial score (nSPS) is 34.9. The molecule has 0 amide bonds. The zero-order valence-corrected chi connectivity index (χ0v) is 13.0. The number of hydrogen-bond donors (Lipinski definition) is 1. The molecule has 1 aliphatic heterocycles. The van der Waals surface area contributed by atoms with E-state index < -0.39 is 0 Å². The fourth-order valence-corrected chi connectivity index (χ4v) is 4.12. The van der Waals surface area contributed by atoms with E-state index >= 15 is 0 Å². The average molecular weight is 268 g/mol. The van der Waals surface area contributed by atoms with Crippen LogP contribution in [0.1, 0.15) is 52.4 Å². The van der Waals surface area contributed by atoms with Crippen molar-refractivity contribution in [1.29, 1.82) is 0 Å². The maximum atomic E-state index is 6.23. The molecule has 19 heavy (non-hydrogen) atoms. The molecule has 1 aliphatic carbocycles. The predicted molar refractivity (Wildman–Crippen MR) is 80.2 cm³/mol. The van der Waals surface area contributed by atoms with Gasteiger partial charge >= 0.3 is 0 Å². The molecule has 2 N–H and O–H groups in total. The minimum Gasteiger partial charge on any atom is -0.381 e. The van der Waals surface area contributed by atoms with E-state index in [-0.39, 0.29) is 5.54 Å². The van der Waals surface area contributed by atoms with Crippen molar-refractivity contribution in [2.45, 2.75) is 64.0 Å². The third-order valence-electron chi connectivity index (χ3n) is 5.63. The average Bonchev–Trinajstić information content (AvgIpc) is 2.47. The van der Waals surface area contributed by atoms with Crippen LogP contribution in [0.25, 0.3) is 0 Å². The lowest BCUT2D eigenvalue weighted by atomic mass is 9.70. The van der Waals surface area contributed by atoms with Gasteiger partial charge in [-0.15, -0.1) is 0 Å². The zero-order chi connectivity index (χ0) is 13.9. The molecule has 2 unspecified atom stereocenters. The largest absolute Gasteiger partial charge is 0.381 e. The van der Waals surface area contributed by atoms with Crippen LogP contribution >= 0.6 is 0 Å². The number of piperidine rings is 1. The summed E-state index contributed by atoms with van der Waals surface area (Å²) < 4.78 is 5.49. The Kier molecular flexibility index (Phi) is 5.27. The van der Waals surface area contributed by atoms with Crippen molar-refractivity contribution in [2.24, 2.45) is 17.6 Å². The number of methoxy groups -OCH3 is 1. The van der Waals surface area contributed by atoms with Gasteiger partial charge in [0.15, 0.2) is 0 Å². The van der Waals surface area contributed by atoms with Gasteiger partial charge in [-0.2, -0.15) is 0 Å². The molecular formula is C16H32N2O. The molecule has 0 aromatic heterocycles. The van der Waals surface area contributed by atoms with Gasteiger partial charge in [-0.25, -0.2) is 0 Å². The van der Waals surface area contributed by atoms with E-state index in [1.807, 2.05) is 7.11 Å². The van der Waals surface area contributed by atoms with Crippen molar-refractivity contribution in [2.75, 3.05) is 26.7 Å². The van der Waals surface area contributed by atoms with Crippen LogP contribution < -0.4 is 5.73 Å². The summed E-state index contributed by atoms with van der Waals surface area (Å²) in [5, 5.41) is 0. The molecule has 3 nitrogen and oxygen atoms in total. The van der Waals surface area contributed by atoms with Gasteiger partial charge in [0.05, 0.1) is 6.10 Å². The molecule has 2 aliphatic rings. The predicted octanol–water partition coefficient (Wildman–Crippen LogP) is 2.64. The van der Waals surface area contributed by atoms with Gasteiger partial charge in [0.25, 0.3) is 0 Å². The molecule has 2 atom stereocenters. The lowest BCUT2D eigenvalue weighted by Gasteiger charge is -2.51. The molecule has 1 saturated heterocycles. The summed E-state index contributed by atoms with van der Waals surface area (Å²) in [4.78, 5) is 2.69. The summed E-state index contributed by atoms with van der Waals surface area (Å²) in [6.45, 7) is 7.90. The highest BCUT2D eigenvalue weighted by Crippen LogP contribution is 2.40. The minimum absolute atomic E-state index is 0.284. The second-order valence-electron chi connectivity index (χ2n) is 6.95. The lowest BCUT2D eigenvalue weighted by molar-refractivity contribution is -0.0287. The Hall–Kier alpha value is -0.120. The van der Waals surface area contributed by atoms with E-state index in [4.69, 9.17) is 10.5 Å². The highest BCUT2D eigenvalue weighted by molar-refractivity contribution is 4.98. The van der Waals surface area contributed by atoms with E-state index in [1.165, 1.54) is 51.6 Å². The van der Waals surface area contributed by atoms with Crippen molar-refractivity contribution in [1.82, 2.24) is 4.90 Å². The summed E-state index contributed by atoms with van der Waals surface area (Å²) in [5.74, 6) is 1.65. The van der Waals surface area contributed by atoms with Crippen LogP contribution in [0.5, 0.6) is 0 Å². The van der Waals surface area contributed by atoms with Gasteiger partial charge in [0.2, 0.25) is 0 Å². The number of likely N-dealkylation sites (tertiary alicyclic amines) is 1. The Bertz CT molecular complexity index is 274. The zero-order valence-electron chi connectivity index (χ0n) is 13.0. The summed E-state index contributed by atoms with van der Waals surface area (Å²) in [5.41, 5.74) is 6.51. The Morgan fingerprint density at radius 3 is 2.47 bits per heavy atom. The standard InChI is InChI=1S/C16H32N2O/c1-13(2)14-5-4-8-16(11-14,12-17)18-9-6-15(19-3)7-10-18/h13-15H,4-12,17H2,1-3H3. The number of hydrogen-bond acceptors (Lipinski definition) is 3. The minimum atomic E-state index is 0.284.